The Labute approximate surface area is 138 Å². The van der Waals surface area contributed by atoms with E-state index in [1.54, 1.807) is 0 Å². The average molecular weight is 317 g/mol. The molecule has 23 heavy (non-hydrogen) atoms. The van der Waals surface area contributed by atoms with Crippen LogP contribution in [0.5, 0.6) is 0 Å². The van der Waals surface area contributed by atoms with Crippen molar-refractivity contribution in [2.45, 2.75) is 31.9 Å². The normalized spacial score (nSPS) is 22.9. The van der Waals surface area contributed by atoms with E-state index in [1.807, 2.05) is 30.3 Å². The van der Waals surface area contributed by atoms with Crippen molar-refractivity contribution < 1.29 is 9.53 Å². The highest BCUT2D eigenvalue weighted by molar-refractivity contribution is 5.67. The summed E-state index contributed by atoms with van der Waals surface area (Å²) >= 11 is 0. The number of hydrogen-bond donors (Lipinski definition) is 2. The first kappa shape index (κ1) is 16.3. The first-order chi connectivity index (χ1) is 11.3. The van der Waals surface area contributed by atoms with Gasteiger partial charge in [-0.05, 0) is 43.8 Å². The molecule has 1 atom stereocenters. The van der Waals surface area contributed by atoms with E-state index in [9.17, 15) is 4.79 Å². The fourth-order valence-corrected chi connectivity index (χ4v) is 3.43. The Balaban J connectivity index is 1.32. The van der Waals surface area contributed by atoms with Crippen molar-refractivity contribution in [2.24, 2.45) is 5.92 Å². The van der Waals surface area contributed by atoms with E-state index < -0.39 is 0 Å². The SMILES string of the molecule is O=C(NC1CCN(C[C@@H]2CCNC2)CC1)OCc1ccccc1. The van der Waals surface area contributed by atoms with Crippen LogP contribution in [0.2, 0.25) is 0 Å². The van der Waals surface area contributed by atoms with E-state index in [2.05, 4.69) is 15.5 Å². The van der Waals surface area contributed by atoms with Crippen LogP contribution in [-0.4, -0.2) is 49.8 Å². The maximum absolute atomic E-state index is 11.9. The van der Waals surface area contributed by atoms with Crippen LogP contribution in [0.1, 0.15) is 24.8 Å². The van der Waals surface area contributed by atoms with Crippen molar-refractivity contribution in [2.75, 3.05) is 32.7 Å². The van der Waals surface area contributed by atoms with E-state index in [0.29, 0.717) is 6.61 Å². The number of ether oxygens (including phenoxy) is 1. The molecule has 0 aromatic heterocycles. The number of amides is 1. The summed E-state index contributed by atoms with van der Waals surface area (Å²) in [7, 11) is 0. The Morgan fingerprint density at radius 3 is 2.70 bits per heavy atom. The molecule has 0 unspecified atom stereocenters. The maximum Gasteiger partial charge on any atom is 0.407 e. The Hall–Kier alpha value is -1.59. The van der Waals surface area contributed by atoms with E-state index in [0.717, 1.165) is 50.5 Å². The van der Waals surface area contributed by atoms with Crippen LogP contribution in [-0.2, 0) is 11.3 Å². The average Bonchev–Trinajstić information content (AvgIpc) is 3.09. The van der Waals surface area contributed by atoms with Crippen molar-refractivity contribution in [3.05, 3.63) is 35.9 Å². The zero-order valence-corrected chi connectivity index (χ0v) is 13.7. The molecule has 2 aliphatic rings. The van der Waals surface area contributed by atoms with Crippen molar-refractivity contribution in [1.82, 2.24) is 15.5 Å². The van der Waals surface area contributed by atoms with Crippen LogP contribution in [0.4, 0.5) is 4.79 Å². The van der Waals surface area contributed by atoms with Gasteiger partial charge in [-0.2, -0.15) is 0 Å². The van der Waals surface area contributed by atoms with Gasteiger partial charge in [-0.15, -0.1) is 0 Å². The zero-order valence-electron chi connectivity index (χ0n) is 13.7. The van der Waals surface area contributed by atoms with Gasteiger partial charge in [0, 0.05) is 25.7 Å². The van der Waals surface area contributed by atoms with Crippen molar-refractivity contribution in [3.63, 3.8) is 0 Å². The minimum atomic E-state index is -0.299. The number of alkyl carbamates (subject to hydrolysis) is 1. The maximum atomic E-state index is 11.9. The molecule has 0 aliphatic carbocycles. The predicted molar refractivity (Wildman–Crippen MR) is 90.2 cm³/mol. The van der Waals surface area contributed by atoms with Gasteiger partial charge in [0.1, 0.15) is 6.61 Å². The standard InChI is InChI=1S/C18H27N3O2/c22-18(23-14-15-4-2-1-3-5-15)20-17-7-10-21(11-8-17)13-16-6-9-19-12-16/h1-5,16-17,19H,6-14H2,(H,20,22)/t16-/m1/s1. The van der Waals surface area contributed by atoms with Crippen molar-refractivity contribution in [1.29, 1.82) is 0 Å². The van der Waals surface area contributed by atoms with Gasteiger partial charge < -0.3 is 20.3 Å². The van der Waals surface area contributed by atoms with Crippen molar-refractivity contribution >= 4 is 6.09 Å². The van der Waals surface area contributed by atoms with E-state index in [-0.39, 0.29) is 12.1 Å². The van der Waals surface area contributed by atoms with E-state index in [1.165, 1.54) is 13.0 Å². The molecule has 5 nitrogen and oxygen atoms in total. The number of carbonyl (C=O) groups is 1. The van der Waals surface area contributed by atoms with Gasteiger partial charge in [-0.1, -0.05) is 30.3 Å². The fraction of sp³-hybridized carbons (Fsp3) is 0.611. The van der Waals surface area contributed by atoms with Crippen LogP contribution >= 0.6 is 0 Å². The summed E-state index contributed by atoms with van der Waals surface area (Å²) < 4.78 is 5.29. The fourth-order valence-electron chi connectivity index (χ4n) is 3.43. The minimum Gasteiger partial charge on any atom is -0.445 e. The molecule has 3 rings (SSSR count). The van der Waals surface area contributed by atoms with Crippen LogP contribution < -0.4 is 10.6 Å². The van der Waals surface area contributed by atoms with Crippen molar-refractivity contribution in [3.8, 4) is 0 Å². The Bertz CT molecular complexity index is 480. The van der Waals surface area contributed by atoms with Gasteiger partial charge in [-0.25, -0.2) is 4.79 Å². The molecule has 5 heteroatoms. The smallest absolute Gasteiger partial charge is 0.407 e. The molecular formula is C18H27N3O2. The summed E-state index contributed by atoms with van der Waals surface area (Å²) in [6.45, 7) is 5.98. The second kappa shape index (κ2) is 8.31. The molecule has 1 amide bonds. The lowest BCUT2D eigenvalue weighted by molar-refractivity contribution is 0.124. The number of piperidine rings is 1. The molecular weight excluding hydrogens is 290 g/mol. The van der Waals surface area contributed by atoms with Crippen LogP contribution in [0.3, 0.4) is 0 Å². The Kier molecular flexibility index (Phi) is 5.88. The molecule has 2 heterocycles. The number of carbonyl (C=O) groups excluding carboxylic acids is 1. The number of hydrogen-bond acceptors (Lipinski definition) is 4. The molecule has 2 N–H and O–H groups in total. The summed E-state index contributed by atoms with van der Waals surface area (Å²) in [6.07, 6.45) is 3.03. The zero-order chi connectivity index (χ0) is 15.9. The third-order valence-electron chi connectivity index (χ3n) is 4.80. The second-order valence-electron chi connectivity index (χ2n) is 6.64. The summed E-state index contributed by atoms with van der Waals surface area (Å²) in [5.74, 6) is 0.801. The number of rotatable bonds is 5. The summed E-state index contributed by atoms with van der Waals surface area (Å²) in [4.78, 5) is 14.4. The first-order valence-corrected chi connectivity index (χ1v) is 8.70. The molecule has 0 radical (unpaired) electrons. The molecule has 1 aromatic rings. The van der Waals surface area contributed by atoms with E-state index in [4.69, 9.17) is 4.74 Å². The molecule has 2 saturated heterocycles. The predicted octanol–water partition coefficient (Wildman–Crippen LogP) is 1.99. The van der Waals surface area contributed by atoms with E-state index >= 15 is 0 Å². The molecule has 0 bridgehead atoms. The highest BCUT2D eigenvalue weighted by Crippen LogP contribution is 2.15. The molecule has 0 saturated carbocycles. The Morgan fingerprint density at radius 2 is 2.00 bits per heavy atom. The quantitative estimate of drug-likeness (QED) is 0.872. The highest BCUT2D eigenvalue weighted by atomic mass is 16.5. The lowest BCUT2D eigenvalue weighted by Gasteiger charge is -2.33. The molecule has 0 spiro atoms. The third-order valence-corrected chi connectivity index (χ3v) is 4.80. The van der Waals surface area contributed by atoms with Crippen LogP contribution in [0.15, 0.2) is 30.3 Å². The lowest BCUT2D eigenvalue weighted by Crippen LogP contribution is -2.46. The molecule has 2 fully saturated rings. The Morgan fingerprint density at radius 1 is 1.22 bits per heavy atom. The van der Waals surface area contributed by atoms with Gasteiger partial charge in [0.15, 0.2) is 0 Å². The van der Waals surface area contributed by atoms with Gasteiger partial charge in [-0.3, -0.25) is 0 Å². The number of nitrogens with zero attached hydrogens (tertiary/aromatic N) is 1. The number of nitrogens with one attached hydrogen (secondary N) is 2. The minimum absolute atomic E-state index is 0.247. The van der Waals surface area contributed by atoms with Gasteiger partial charge in [0.2, 0.25) is 0 Å². The summed E-state index contributed by atoms with van der Waals surface area (Å²) in [5, 5.41) is 6.43. The number of likely N-dealkylation sites (tertiary alicyclic amines) is 1. The van der Waals surface area contributed by atoms with Gasteiger partial charge >= 0.3 is 6.09 Å². The third kappa shape index (κ3) is 5.22. The topological polar surface area (TPSA) is 53.6 Å². The lowest BCUT2D eigenvalue weighted by atomic mass is 10.0. The molecule has 2 aliphatic heterocycles. The highest BCUT2D eigenvalue weighted by Gasteiger charge is 2.24. The summed E-state index contributed by atoms with van der Waals surface area (Å²) in [5.41, 5.74) is 1.02. The number of benzene rings is 1. The van der Waals surface area contributed by atoms with Crippen LogP contribution in [0.25, 0.3) is 0 Å². The van der Waals surface area contributed by atoms with Crippen LogP contribution in [0, 0.1) is 5.92 Å². The monoisotopic (exact) mass is 317 g/mol. The summed E-state index contributed by atoms with van der Waals surface area (Å²) in [6, 6.07) is 10.0. The molecule has 126 valence electrons. The largest absolute Gasteiger partial charge is 0.445 e. The van der Waals surface area contributed by atoms with Gasteiger partial charge in [0.05, 0.1) is 0 Å². The first-order valence-electron chi connectivity index (χ1n) is 8.70. The second-order valence-corrected chi connectivity index (χ2v) is 6.64. The van der Waals surface area contributed by atoms with Gasteiger partial charge in [0.25, 0.3) is 0 Å². The molecule has 1 aromatic carbocycles.